The maximum atomic E-state index is 12.1. The smallest absolute Gasteiger partial charge is 0.272 e. The van der Waals surface area contributed by atoms with E-state index >= 15 is 0 Å². The third-order valence-corrected chi connectivity index (χ3v) is 3.11. The Hall–Kier alpha value is -2.28. The highest BCUT2D eigenvalue weighted by Crippen LogP contribution is 2.25. The molecule has 0 aliphatic carbocycles. The van der Waals surface area contributed by atoms with Gasteiger partial charge >= 0.3 is 0 Å². The van der Waals surface area contributed by atoms with Gasteiger partial charge in [-0.05, 0) is 30.0 Å². The lowest BCUT2D eigenvalue weighted by Gasteiger charge is -2.21. The summed E-state index contributed by atoms with van der Waals surface area (Å²) in [5.41, 5.74) is 1.64. The average Bonchev–Trinajstić information content (AvgIpc) is 2.37. The topological polar surface area (TPSA) is 64.3 Å². The van der Waals surface area contributed by atoms with Crippen LogP contribution in [0.4, 0.5) is 5.69 Å². The highest BCUT2D eigenvalue weighted by atomic mass is 16.3. The van der Waals surface area contributed by atoms with Gasteiger partial charge in [0.25, 0.3) is 5.91 Å². The highest BCUT2D eigenvalue weighted by molar-refractivity contribution is 6.08. The van der Waals surface area contributed by atoms with E-state index in [9.17, 15) is 9.90 Å². The Morgan fingerprint density at radius 1 is 1.25 bits per heavy atom. The van der Waals surface area contributed by atoms with Crippen molar-refractivity contribution in [1.82, 2.24) is 0 Å². The highest BCUT2D eigenvalue weighted by Gasteiger charge is 2.19. The summed E-state index contributed by atoms with van der Waals surface area (Å²) in [6.45, 7) is 7.67. The Bertz CT molecular complexity index is 568. The third-order valence-electron chi connectivity index (χ3n) is 3.11. The fourth-order valence-corrected chi connectivity index (χ4v) is 1.75. The fraction of sp³-hybridized carbons (Fsp3) is 0.375. The molecule has 1 aromatic rings. The molecule has 0 aromatic heterocycles. The molecule has 0 saturated heterocycles. The summed E-state index contributed by atoms with van der Waals surface area (Å²) in [5, 5.41) is 18.2. The molecule has 0 aliphatic rings. The zero-order valence-corrected chi connectivity index (χ0v) is 12.6. The van der Waals surface area contributed by atoms with Crippen molar-refractivity contribution in [3.8, 4) is 6.07 Å². The summed E-state index contributed by atoms with van der Waals surface area (Å²) in [5.74, 6) is -0.785. The number of benzene rings is 1. The number of hydrogen-bond acceptors (Lipinski definition) is 3. The first-order chi connectivity index (χ1) is 9.18. The number of carbonyl (C=O) groups is 1. The molecule has 0 aliphatic heterocycles. The zero-order valence-electron chi connectivity index (χ0n) is 12.6. The number of carbonyl (C=O) groups excluding carboxylic acids is 1. The zero-order chi connectivity index (χ0) is 15.5. The van der Waals surface area contributed by atoms with Gasteiger partial charge in [-0.25, -0.2) is 0 Å². The van der Waals surface area contributed by atoms with Gasteiger partial charge in [0.05, 0.1) is 0 Å². The van der Waals surface area contributed by atoms with Crippen LogP contribution < -0.4 is 4.90 Å². The van der Waals surface area contributed by atoms with Gasteiger partial charge in [-0.15, -0.1) is 0 Å². The summed E-state index contributed by atoms with van der Waals surface area (Å²) >= 11 is 0. The molecule has 0 heterocycles. The van der Waals surface area contributed by atoms with Crippen LogP contribution in [0.2, 0.25) is 0 Å². The maximum Gasteiger partial charge on any atom is 0.272 e. The summed E-state index contributed by atoms with van der Waals surface area (Å²) < 4.78 is 0. The molecule has 1 aromatic carbocycles. The molecule has 0 unspecified atom stereocenters. The lowest BCUT2D eigenvalue weighted by atomic mass is 9.87. The van der Waals surface area contributed by atoms with E-state index in [1.54, 1.807) is 13.1 Å². The number of likely N-dealkylation sites (N-methyl/N-ethyl adjacent to an activating group) is 1. The standard InChI is InChI=1S/C16H20N2O2/c1-11(19)14(10-17)15(20)18(5)13-8-6-12(7-9-13)16(2,3)4/h6-9,19H,1-5H3. The predicted octanol–water partition coefficient (Wildman–Crippen LogP) is 3.30. The number of rotatable bonds is 2. The molecule has 0 atom stereocenters. The fourth-order valence-electron chi connectivity index (χ4n) is 1.75. The number of nitrogens with zero attached hydrogens (tertiary/aromatic N) is 2. The number of nitriles is 1. The van der Waals surface area contributed by atoms with Gasteiger partial charge in [0.2, 0.25) is 0 Å². The average molecular weight is 272 g/mol. The van der Waals surface area contributed by atoms with E-state index in [4.69, 9.17) is 5.26 Å². The van der Waals surface area contributed by atoms with Crippen molar-refractivity contribution in [2.45, 2.75) is 33.1 Å². The van der Waals surface area contributed by atoms with Gasteiger partial charge in [-0.1, -0.05) is 32.9 Å². The van der Waals surface area contributed by atoms with Crippen LogP contribution in [0.3, 0.4) is 0 Å². The molecule has 1 amide bonds. The summed E-state index contributed by atoms with van der Waals surface area (Å²) in [6.07, 6.45) is 0. The van der Waals surface area contributed by atoms with Crippen LogP contribution >= 0.6 is 0 Å². The summed E-state index contributed by atoms with van der Waals surface area (Å²) in [7, 11) is 1.58. The van der Waals surface area contributed by atoms with E-state index in [0.717, 1.165) is 5.56 Å². The van der Waals surface area contributed by atoms with Crippen molar-refractivity contribution in [2.75, 3.05) is 11.9 Å². The van der Waals surface area contributed by atoms with Gasteiger partial charge in [0.15, 0.2) is 5.57 Å². The SMILES string of the molecule is CC(O)=C(C#N)C(=O)N(C)c1ccc(C(C)(C)C)cc1. The second-order valence-corrected chi connectivity index (χ2v) is 5.73. The molecule has 4 nitrogen and oxygen atoms in total. The maximum absolute atomic E-state index is 12.1. The van der Waals surface area contributed by atoms with Crippen molar-refractivity contribution < 1.29 is 9.90 Å². The van der Waals surface area contributed by atoms with Crippen LogP contribution in [-0.2, 0) is 10.2 Å². The summed E-state index contributed by atoms with van der Waals surface area (Å²) in [6, 6.07) is 9.31. The first-order valence-electron chi connectivity index (χ1n) is 6.37. The van der Waals surface area contributed by atoms with Gasteiger partial charge in [0, 0.05) is 12.7 Å². The van der Waals surface area contributed by atoms with Crippen molar-refractivity contribution in [2.24, 2.45) is 0 Å². The molecule has 106 valence electrons. The molecule has 1 N–H and O–H groups in total. The van der Waals surface area contributed by atoms with Gasteiger partial charge < -0.3 is 10.0 Å². The van der Waals surface area contributed by atoms with E-state index in [0.29, 0.717) is 5.69 Å². The third kappa shape index (κ3) is 3.39. The van der Waals surface area contributed by atoms with Crippen LogP contribution in [0.5, 0.6) is 0 Å². The van der Waals surface area contributed by atoms with Crippen molar-refractivity contribution in [3.05, 3.63) is 41.2 Å². The molecular weight excluding hydrogens is 252 g/mol. The minimum atomic E-state index is -0.518. The Morgan fingerprint density at radius 2 is 1.75 bits per heavy atom. The minimum Gasteiger partial charge on any atom is -0.511 e. The number of allylic oxidation sites excluding steroid dienone is 1. The number of aliphatic hydroxyl groups is 1. The lowest BCUT2D eigenvalue weighted by Crippen LogP contribution is -2.28. The first kappa shape index (κ1) is 15.8. The van der Waals surface area contributed by atoms with Crippen molar-refractivity contribution in [1.29, 1.82) is 5.26 Å². The first-order valence-corrected chi connectivity index (χ1v) is 6.37. The number of anilines is 1. The second-order valence-electron chi connectivity index (χ2n) is 5.73. The van der Waals surface area contributed by atoms with E-state index < -0.39 is 5.91 Å². The Labute approximate surface area is 119 Å². The van der Waals surface area contributed by atoms with E-state index in [2.05, 4.69) is 20.8 Å². The van der Waals surface area contributed by atoms with Crippen molar-refractivity contribution in [3.63, 3.8) is 0 Å². The molecule has 20 heavy (non-hydrogen) atoms. The molecular formula is C16H20N2O2. The van der Waals surface area contributed by atoms with Crippen LogP contribution in [0, 0.1) is 11.3 Å². The Morgan fingerprint density at radius 3 is 2.10 bits per heavy atom. The Kier molecular flexibility index (Phi) is 4.57. The predicted molar refractivity (Wildman–Crippen MR) is 79.5 cm³/mol. The number of hydrogen-bond donors (Lipinski definition) is 1. The van der Waals surface area contributed by atoms with Gasteiger partial charge in [0.1, 0.15) is 11.8 Å². The van der Waals surface area contributed by atoms with E-state index in [1.165, 1.54) is 11.8 Å². The van der Waals surface area contributed by atoms with Crippen LogP contribution in [0.25, 0.3) is 0 Å². The van der Waals surface area contributed by atoms with E-state index in [-0.39, 0.29) is 16.7 Å². The van der Waals surface area contributed by atoms with Crippen LogP contribution in [-0.4, -0.2) is 18.1 Å². The quantitative estimate of drug-likeness (QED) is 0.510. The van der Waals surface area contributed by atoms with Gasteiger partial charge in [-0.3, -0.25) is 4.79 Å². The lowest BCUT2D eigenvalue weighted by molar-refractivity contribution is -0.114. The largest absolute Gasteiger partial charge is 0.511 e. The molecule has 1 rings (SSSR count). The molecule has 0 radical (unpaired) electrons. The molecule has 0 spiro atoms. The number of amides is 1. The monoisotopic (exact) mass is 272 g/mol. The Balaban J connectivity index is 3.06. The molecule has 0 fully saturated rings. The number of aliphatic hydroxyl groups excluding tert-OH is 1. The molecule has 4 heteroatoms. The van der Waals surface area contributed by atoms with Crippen LogP contribution in [0.15, 0.2) is 35.6 Å². The van der Waals surface area contributed by atoms with Crippen molar-refractivity contribution >= 4 is 11.6 Å². The normalized spacial score (nSPS) is 12.4. The summed E-state index contributed by atoms with van der Waals surface area (Å²) in [4.78, 5) is 13.4. The van der Waals surface area contributed by atoms with Crippen LogP contribution in [0.1, 0.15) is 33.3 Å². The van der Waals surface area contributed by atoms with Gasteiger partial charge in [-0.2, -0.15) is 5.26 Å². The minimum absolute atomic E-state index is 0.0422. The van der Waals surface area contributed by atoms with E-state index in [1.807, 2.05) is 24.3 Å². The molecule has 0 saturated carbocycles. The second kappa shape index (κ2) is 5.79. The molecule has 0 bridgehead atoms.